The molecule has 3 aliphatic rings. The van der Waals surface area contributed by atoms with Gasteiger partial charge in [0.1, 0.15) is 0 Å². The first-order valence-electron chi connectivity index (χ1n) is 10.7. The maximum absolute atomic E-state index is 12.4. The van der Waals surface area contributed by atoms with Crippen molar-refractivity contribution >= 4 is 17.5 Å². The Morgan fingerprint density at radius 1 is 1.17 bits per heavy atom. The van der Waals surface area contributed by atoms with E-state index in [2.05, 4.69) is 10.2 Å². The molecule has 0 unspecified atom stereocenters. The number of ether oxygens (including phenoxy) is 2. The van der Waals surface area contributed by atoms with Gasteiger partial charge < -0.3 is 19.9 Å². The maximum Gasteiger partial charge on any atom is 0.222 e. The van der Waals surface area contributed by atoms with Crippen LogP contribution in [0, 0.1) is 5.92 Å². The summed E-state index contributed by atoms with van der Waals surface area (Å²) in [6.07, 6.45) is 4.21. The van der Waals surface area contributed by atoms with Crippen LogP contribution in [-0.4, -0.2) is 66.6 Å². The Morgan fingerprint density at radius 2 is 1.97 bits per heavy atom. The van der Waals surface area contributed by atoms with Crippen molar-refractivity contribution < 1.29 is 19.4 Å². The number of amides is 1. The van der Waals surface area contributed by atoms with Gasteiger partial charge in [0.15, 0.2) is 0 Å². The molecule has 0 bridgehead atoms. The van der Waals surface area contributed by atoms with Gasteiger partial charge in [-0.1, -0.05) is 23.7 Å². The summed E-state index contributed by atoms with van der Waals surface area (Å²) < 4.78 is 12.0. The quantitative estimate of drug-likeness (QED) is 0.736. The number of aliphatic hydroxyl groups is 1. The third-order valence-electron chi connectivity index (χ3n) is 6.09. The first-order chi connectivity index (χ1) is 14.1. The second kappa shape index (κ2) is 9.75. The molecule has 2 saturated heterocycles. The molecule has 2 aliphatic heterocycles. The highest BCUT2D eigenvalue weighted by molar-refractivity contribution is 6.30. The molecule has 2 N–H and O–H groups in total. The summed E-state index contributed by atoms with van der Waals surface area (Å²) in [5.74, 6) is 0.764. The van der Waals surface area contributed by atoms with Gasteiger partial charge in [-0.15, -0.1) is 0 Å². The van der Waals surface area contributed by atoms with Crippen LogP contribution in [-0.2, 0) is 20.8 Å². The summed E-state index contributed by atoms with van der Waals surface area (Å²) in [6, 6.07) is 7.75. The Morgan fingerprint density at radius 3 is 2.72 bits per heavy atom. The lowest BCUT2D eigenvalue weighted by molar-refractivity contribution is -0.157. The lowest BCUT2D eigenvalue weighted by Crippen LogP contribution is -2.56. The Hall–Kier alpha value is -1.18. The standard InChI is InChI=1S/C22H31ClN2O4/c23-17-5-3-15(4-6-17)10-24-22(27)9-19-7-8-20-21(29-19)14-28-13-18(26)12-25(20)11-16-1-2-16/h3-6,16,18-21,26H,1-2,7-14H2,(H,24,27)/t18-,19+,20-,21+/m0/s1. The van der Waals surface area contributed by atoms with Gasteiger partial charge in [-0.2, -0.15) is 0 Å². The number of rotatable bonds is 6. The number of β-amino-alcohol motifs (C(OH)–C–C–N with tert-alkyl or cyclic N) is 1. The third-order valence-corrected chi connectivity index (χ3v) is 6.35. The Kier molecular flexibility index (Phi) is 7.08. The van der Waals surface area contributed by atoms with Crippen molar-refractivity contribution in [3.05, 3.63) is 34.9 Å². The number of carbonyl (C=O) groups is 1. The number of carbonyl (C=O) groups excluding carboxylic acids is 1. The van der Waals surface area contributed by atoms with Crippen LogP contribution >= 0.6 is 11.6 Å². The SMILES string of the molecule is O=C(C[C@H]1CC[C@H]2[C@@H](COC[C@@H](O)CN2CC2CC2)O1)NCc1ccc(Cl)cc1. The van der Waals surface area contributed by atoms with Crippen LogP contribution in [0.3, 0.4) is 0 Å². The van der Waals surface area contributed by atoms with Crippen LogP contribution in [0.4, 0.5) is 0 Å². The molecular formula is C22H31ClN2O4. The first kappa shape index (κ1) is 21.1. The van der Waals surface area contributed by atoms with Crippen LogP contribution < -0.4 is 5.32 Å². The number of hydrogen-bond acceptors (Lipinski definition) is 5. The van der Waals surface area contributed by atoms with Crippen molar-refractivity contribution in [2.24, 2.45) is 5.92 Å². The fraction of sp³-hybridized carbons (Fsp3) is 0.682. The molecule has 4 atom stereocenters. The predicted molar refractivity (Wildman–Crippen MR) is 111 cm³/mol. The molecule has 4 rings (SSSR count). The molecule has 160 valence electrons. The van der Waals surface area contributed by atoms with E-state index in [-0.39, 0.29) is 24.2 Å². The number of fused-ring (bicyclic) bond motifs is 1. The average Bonchev–Trinajstić information content (AvgIpc) is 3.50. The number of nitrogens with one attached hydrogen (secondary N) is 1. The van der Waals surface area contributed by atoms with Gasteiger partial charge in [0.2, 0.25) is 5.91 Å². The smallest absolute Gasteiger partial charge is 0.222 e. The van der Waals surface area contributed by atoms with Crippen molar-refractivity contribution in [3.8, 4) is 0 Å². The molecule has 1 amide bonds. The van der Waals surface area contributed by atoms with Gasteiger partial charge in [0.25, 0.3) is 0 Å². The summed E-state index contributed by atoms with van der Waals surface area (Å²) in [5, 5.41) is 13.8. The zero-order chi connectivity index (χ0) is 20.2. The molecule has 1 aliphatic carbocycles. The van der Waals surface area contributed by atoms with Gasteiger partial charge in [-0.3, -0.25) is 9.69 Å². The Labute approximate surface area is 177 Å². The molecular weight excluding hydrogens is 392 g/mol. The molecule has 29 heavy (non-hydrogen) atoms. The van der Waals surface area contributed by atoms with E-state index < -0.39 is 6.10 Å². The van der Waals surface area contributed by atoms with E-state index in [1.807, 2.05) is 24.3 Å². The van der Waals surface area contributed by atoms with Crippen molar-refractivity contribution in [1.82, 2.24) is 10.2 Å². The Balaban J connectivity index is 1.28. The van der Waals surface area contributed by atoms with E-state index in [1.165, 1.54) is 12.8 Å². The zero-order valence-electron chi connectivity index (χ0n) is 16.8. The van der Waals surface area contributed by atoms with Gasteiger partial charge >= 0.3 is 0 Å². The molecule has 0 aromatic heterocycles. The first-order valence-corrected chi connectivity index (χ1v) is 11.1. The van der Waals surface area contributed by atoms with E-state index in [0.29, 0.717) is 37.7 Å². The van der Waals surface area contributed by atoms with Gasteiger partial charge in [-0.25, -0.2) is 0 Å². The maximum atomic E-state index is 12.4. The minimum Gasteiger partial charge on any atom is -0.389 e. The molecule has 0 spiro atoms. The molecule has 1 aromatic rings. The lowest BCUT2D eigenvalue weighted by Gasteiger charge is -2.44. The van der Waals surface area contributed by atoms with Crippen LogP contribution in [0.2, 0.25) is 5.02 Å². The molecule has 1 aromatic carbocycles. The van der Waals surface area contributed by atoms with Gasteiger partial charge in [0, 0.05) is 30.7 Å². The normalized spacial score (nSPS) is 30.8. The van der Waals surface area contributed by atoms with Crippen LogP contribution in [0.15, 0.2) is 24.3 Å². The number of hydrogen-bond donors (Lipinski definition) is 2. The van der Waals surface area contributed by atoms with Crippen molar-refractivity contribution in [3.63, 3.8) is 0 Å². The fourth-order valence-electron chi connectivity index (χ4n) is 4.37. The summed E-state index contributed by atoms with van der Waals surface area (Å²) in [4.78, 5) is 14.8. The third kappa shape index (κ3) is 6.15. The highest BCUT2D eigenvalue weighted by atomic mass is 35.5. The Bertz CT molecular complexity index is 682. The highest BCUT2D eigenvalue weighted by Crippen LogP contribution is 2.34. The summed E-state index contributed by atoms with van der Waals surface area (Å²) in [6.45, 7) is 3.00. The number of halogens is 1. The molecule has 1 saturated carbocycles. The van der Waals surface area contributed by atoms with Gasteiger partial charge in [-0.05, 0) is 49.3 Å². The summed E-state index contributed by atoms with van der Waals surface area (Å²) >= 11 is 5.90. The predicted octanol–water partition coefficient (Wildman–Crippen LogP) is 2.37. The van der Waals surface area contributed by atoms with Gasteiger partial charge in [0.05, 0.1) is 37.9 Å². The van der Waals surface area contributed by atoms with Crippen LogP contribution in [0.1, 0.15) is 37.7 Å². The molecule has 6 nitrogen and oxygen atoms in total. The highest BCUT2D eigenvalue weighted by Gasteiger charge is 2.39. The van der Waals surface area contributed by atoms with Crippen molar-refractivity contribution in [1.29, 1.82) is 0 Å². The van der Waals surface area contributed by atoms with Crippen LogP contribution in [0.25, 0.3) is 0 Å². The lowest BCUT2D eigenvalue weighted by atomic mass is 9.94. The second-order valence-corrected chi connectivity index (χ2v) is 9.07. The minimum atomic E-state index is -0.439. The number of nitrogens with zero attached hydrogens (tertiary/aromatic N) is 1. The van der Waals surface area contributed by atoms with Crippen molar-refractivity contribution in [2.75, 3.05) is 26.3 Å². The summed E-state index contributed by atoms with van der Waals surface area (Å²) in [5.41, 5.74) is 1.02. The molecule has 2 heterocycles. The number of aliphatic hydroxyl groups excluding tert-OH is 1. The van der Waals surface area contributed by atoms with E-state index in [0.717, 1.165) is 30.9 Å². The summed E-state index contributed by atoms with van der Waals surface area (Å²) in [7, 11) is 0. The largest absolute Gasteiger partial charge is 0.389 e. The molecule has 7 heteroatoms. The van der Waals surface area contributed by atoms with E-state index >= 15 is 0 Å². The zero-order valence-corrected chi connectivity index (χ0v) is 17.5. The molecule has 3 fully saturated rings. The second-order valence-electron chi connectivity index (χ2n) is 8.64. The average molecular weight is 423 g/mol. The topological polar surface area (TPSA) is 71.0 Å². The monoisotopic (exact) mass is 422 g/mol. The fourth-order valence-corrected chi connectivity index (χ4v) is 4.50. The van der Waals surface area contributed by atoms with E-state index in [9.17, 15) is 9.90 Å². The number of benzene rings is 1. The van der Waals surface area contributed by atoms with Crippen molar-refractivity contribution in [2.45, 2.75) is 63.0 Å². The molecule has 0 radical (unpaired) electrons. The minimum absolute atomic E-state index is 0.000390. The van der Waals surface area contributed by atoms with E-state index in [4.69, 9.17) is 21.1 Å². The van der Waals surface area contributed by atoms with E-state index in [1.54, 1.807) is 0 Å². The van der Waals surface area contributed by atoms with Crippen LogP contribution in [0.5, 0.6) is 0 Å².